The maximum absolute atomic E-state index is 12.3. The van der Waals surface area contributed by atoms with E-state index in [1.807, 2.05) is 0 Å². The van der Waals surface area contributed by atoms with Crippen LogP contribution in [0.25, 0.3) is 0 Å². The number of rotatable bonds is 2. The molecule has 4 nitrogen and oxygen atoms in total. The summed E-state index contributed by atoms with van der Waals surface area (Å²) in [5.74, 6) is -2.19. The number of nitrogens with two attached hydrogens (primary N) is 1. The summed E-state index contributed by atoms with van der Waals surface area (Å²) in [5, 5.41) is 9.57. The molecule has 1 aliphatic rings. The summed E-state index contributed by atoms with van der Waals surface area (Å²) in [7, 11) is 0. The van der Waals surface area contributed by atoms with Gasteiger partial charge >= 0.3 is 12.1 Å². The number of amides is 1. The molecule has 3 N–H and O–H groups in total. The van der Waals surface area contributed by atoms with Gasteiger partial charge in [0.15, 0.2) is 0 Å². The highest BCUT2D eigenvalue weighted by Crippen LogP contribution is 2.24. The number of hydrogen-bond donors (Lipinski definition) is 2. The molecule has 1 rings (SSSR count). The minimum Gasteiger partial charge on any atom is -0.391 e. The number of likely N-dealkylation sites (tertiary alicyclic amines) is 1. The first kappa shape index (κ1) is 14.2. The molecular formula is C10H17F3N2O2. The molecule has 0 aromatic heterocycles. The molecule has 2 atom stereocenters. The molecule has 1 aliphatic heterocycles. The lowest BCUT2D eigenvalue weighted by molar-refractivity contribution is -0.186. The number of nitrogens with zero attached hydrogens (tertiary/aromatic N) is 1. The molecule has 1 fully saturated rings. The maximum atomic E-state index is 12.3. The topological polar surface area (TPSA) is 66.6 Å². The summed E-state index contributed by atoms with van der Waals surface area (Å²) >= 11 is 0. The fraction of sp³-hybridized carbons (Fsp3) is 0.900. The van der Waals surface area contributed by atoms with E-state index in [9.17, 15) is 23.1 Å². The standard InChI is InChI=1S/C10H17F3N2O2/c11-10(12,13)9(17)15-4-2-1-3-7(6-15)8(16)5-14/h7-8,16H,1-6,14H2. The molecule has 0 aromatic rings. The molecule has 0 aromatic carbocycles. The Balaban J connectivity index is 2.69. The third-order valence-corrected chi connectivity index (χ3v) is 3.02. The van der Waals surface area contributed by atoms with Crippen LogP contribution < -0.4 is 5.73 Å². The summed E-state index contributed by atoms with van der Waals surface area (Å²) in [6.07, 6.45) is -3.88. The zero-order chi connectivity index (χ0) is 13.1. The van der Waals surface area contributed by atoms with Gasteiger partial charge in [0.2, 0.25) is 0 Å². The van der Waals surface area contributed by atoms with Crippen molar-refractivity contribution in [2.75, 3.05) is 19.6 Å². The van der Waals surface area contributed by atoms with Crippen molar-refractivity contribution in [3.63, 3.8) is 0 Å². The molecule has 0 aliphatic carbocycles. The molecule has 1 saturated heterocycles. The van der Waals surface area contributed by atoms with Crippen LogP contribution in [0.15, 0.2) is 0 Å². The van der Waals surface area contributed by atoms with Gasteiger partial charge < -0.3 is 15.7 Å². The minimum atomic E-state index is -4.84. The number of aliphatic hydroxyl groups excluding tert-OH is 1. The fourth-order valence-corrected chi connectivity index (χ4v) is 2.05. The number of carbonyl (C=O) groups excluding carboxylic acids is 1. The zero-order valence-corrected chi connectivity index (χ0v) is 9.41. The van der Waals surface area contributed by atoms with E-state index in [1.165, 1.54) is 0 Å². The van der Waals surface area contributed by atoms with Crippen LogP contribution >= 0.6 is 0 Å². The van der Waals surface area contributed by atoms with Gasteiger partial charge in [0.25, 0.3) is 0 Å². The molecule has 100 valence electrons. The molecule has 1 heterocycles. The van der Waals surface area contributed by atoms with Crippen LogP contribution in [0, 0.1) is 5.92 Å². The first-order valence-corrected chi connectivity index (χ1v) is 5.60. The van der Waals surface area contributed by atoms with Crippen molar-refractivity contribution in [2.45, 2.75) is 31.5 Å². The highest BCUT2D eigenvalue weighted by Gasteiger charge is 2.43. The van der Waals surface area contributed by atoms with Gasteiger partial charge in [0.05, 0.1) is 6.10 Å². The first-order chi connectivity index (χ1) is 7.86. The van der Waals surface area contributed by atoms with Crippen LogP contribution in [0.2, 0.25) is 0 Å². The lowest BCUT2D eigenvalue weighted by Gasteiger charge is -2.27. The van der Waals surface area contributed by atoms with Crippen LogP contribution in [0.1, 0.15) is 19.3 Å². The van der Waals surface area contributed by atoms with Crippen molar-refractivity contribution < 1.29 is 23.1 Å². The maximum Gasteiger partial charge on any atom is 0.471 e. The Morgan fingerprint density at radius 1 is 1.47 bits per heavy atom. The van der Waals surface area contributed by atoms with Gasteiger partial charge in [-0.15, -0.1) is 0 Å². The van der Waals surface area contributed by atoms with E-state index in [4.69, 9.17) is 5.73 Å². The Morgan fingerprint density at radius 2 is 2.12 bits per heavy atom. The van der Waals surface area contributed by atoms with Gasteiger partial charge in [-0.25, -0.2) is 0 Å². The average Bonchev–Trinajstić information content (AvgIpc) is 2.51. The largest absolute Gasteiger partial charge is 0.471 e. The van der Waals surface area contributed by atoms with E-state index in [0.717, 1.165) is 4.90 Å². The van der Waals surface area contributed by atoms with Gasteiger partial charge in [-0.1, -0.05) is 6.42 Å². The summed E-state index contributed by atoms with van der Waals surface area (Å²) in [6.45, 7) is 0.0154. The second kappa shape index (κ2) is 5.68. The van der Waals surface area contributed by atoms with E-state index >= 15 is 0 Å². The molecule has 0 saturated carbocycles. The zero-order valence-electron chi connectivity index (χ0n) is 9.41. The van der Waals surface area contributed by atoms with Crippen molar-refractivity contribution in [1.29, 1.82) is 0 Å². The Bertz CT molecular complexity index is 271. The molecule has 17 heavy (non-hydrogen) atoms. The van der Waals surface area contributed by atoms with E-state index < -0.39 is 18.2 Å². The van der Waals surface area contributed by atoms with Gasteiger partial charge in [-0.2, -0.15) is 13.2 Å². The predicted molar refractivity (Wildman–Crippen MR) is 55.0 cm³/mol. The highest BCUT2D eigenvalue weighted by molar-refractivity contribution is 5.81. The quantitative estimate of drug-likeness (QED) is 0.754. The summed E-state index contributed by atoms with van der Waals surface area (Å²) in [5.41, 5.74) is 5.29. The molecular weight excluding hydrogens is 237 g/mol. The number of halogens is 3. The smallest absolute Gasteiger partial charge is 0.391 e. The Hall–Kier alpha value is -0.820. The van der Waals surface area contributed by atoms with E-state index in [2.05, 4.69) is 0 Å². The number of carbonyl (C=O) groups is 1. The Morgan fingerprint density at radius 3 is 2.65 bits per heavy atom. The van der Waals surface area contributed by atoms with Gasteiger partial charge in [0.1, 0.15) is 0 Å². The molecule has 2 unspecified atom stereocenters. The van der Waals surface area contributed by atoms with Crippen LogP contribution in [0.3, 0.4) is 0 Å². The lowest BCUT2D eigenvalue weighted by atomic mass is 9.97. The van der Waals surface area contributed by atoms with Gasteiger partial charge in [0, 0.05) is 25.6 Å². The Labute approximate surface area is 97.6 Å². The van der Waals surface area contributed by atoms with Crippen molar-refractivity contribution in [1.82, 2.24) is 4.90 Å². The first-order valence-electron chi connectivity index (χ1n) is 5.60. The molecule has 1 amide bonds. The van der Waals surface area contributed by atoms with E-state index in [-0.39, 0.29) is 25.6 Å². The highest BCUT2D eigenvalue weighted by atomic mass is 19.4. The third kappa shape index (κ3) is 3.85. The second-order valence-electron chi connectivity index (χ2n) is 4.31. The van der Waals surface area contributed by atoms with Crippen LogP contribution in [-0.4, -0.2) is 47.8 Å². The predicted octanol–water partition coefficient (Wildman–Crippen LogP) is 0.497. The number of hydrogen-bond acceptors (Lipinski definition) is 3. The lowest BCUT2D eigenvalue weighted by Crippen LogP contribution is -2.45. The number of aliphatic hydroxyl groups is 1. The monoisotopic (exact) mass is 254 g/mol. The molecule has 0 spiro atoms. The summed E-state index contributed by atoms with van der Waals surface area (Å²) in [4.78, 5) is 11.9. The van der Waals surface area contributed by atoms with Crippen molar-refractivity contribution in [3.05, 3.63) is 0 Å². The Kier molecular flexibility index (Phi) is 4.76. The minimum absolute atomic E-state index is 0.00127. The third-order valence-electron chi connectivity index (χ3n) is 3.02. The molecule has 7 heteroatoms. The van der Waals surface area contributed by atoms with E-state index in [1.54, 1.807) is 0 Å². The van der Waals surface area contributed by atoms with Crippen LogP contribution in [0.4, 0.5) is 13.2 Å². The fourth-order valence-electron chi connectivity index (χ4n) is 2.05. The van der Waals surface area contributed by atoms with Crippen LogP contribution in [-0.2, 0) is 4.79 Å². The van der Waals surface area contributed by atoms with Crippen molar-refractivity contribution >= 4 is 5.91 Å². The van der Waals surface area contributed by atoms with Crippen molar-refractivity contribution in [2.24, 2.45) is 11.7 Å². The van der Waals surface area contributed by atoms with Gasteiger partial charge in [-0.3, -0.25) is 4.79 Å². The summed E-state index contributed by atoms with van der Waals surface area (Å²) in [6, 6.07) is 0. The normalized spacial score (nSPS) is 24.3. The second-order valence-corrected chi connectivity index (χ2v) is 4.31. The summed E-state index contributed by atoms with van der Waals surface area (Å²) < 4.78 is 36.9. The molecule has 0 radical (unpaired) electrons. The van der Waals surface area contributed by atoms with Crippen LogP contribution in [0.5, 0.6) is 0 Å². The average molecular weight is 254 g/mol. The SMILES string of the molecule is NCC(O)C1CCCCN(C(=O)C(F)(F)F)C1. The molecule has 0 bridgehead atoms. The van der Waals surface area contributed by atoms with Crippen molar-refractivity contribution in [3.8, 4) is 0 Å². The van der Waals surface area contributed by atoms with E-state index in [0.29, 0.717) is 19.3 Å². The van der Waals surface area contributed by atoms with Gasteiger partial charge in [-0.05, 0) is 12.8 Å². The number of alkyl halides is 3.